The number of benzene rings is 2. The monoisotopic (exact) mass is 398 g/mol. The first-order valence-electron chi connectivity index (χ1n) is 9.46. The fourth-order valence-corrected chi connectivity index (χ4v) is 2.62. The van der Waals surface area contributed by atoms with Crippen molar-refractivity contribution in [3.05, 3.63) is 48.0 Å². The van der Waals surface area contributed by atoms with E-state index in [1.165, 1.54) is 0 Å². The number of nitrogens with one attached hydrogen (secondary N) is 1. The van der Waals surface area contributed by atoms with Crippen LogP contribution in [0.5, 0.6) is 23.0 Å². The van der Waals surface area contributed by atoms with Gasteiger partial charge in [0.2, 0.25) is 5.91 Å². The maximum Gasteiger partial charge on any atom is 0.234 e. The number of carbonyl (C=O) groups is 1. The summed E-state index contributed by atoms with van der Waals surface area (Å²) in [5.41, 5.74) is 0.928. The molecule has 154 valence electrons. The molecule has 29 heavy (non-hydrogen) atoms. The lowest BCUT2D eigenvalue weighted by Gasteiger charge is -2.15. The summed E-state index contributed by atoms with van der Waals surface area (Å²) in [6, 6.07) is 14.9. The summed E-state index contributed by atoms with van der Waals surface area (Å²) in [7, 11) is 1.59. The average molecular weight is 398 g/mol. The Morgan fingerprint density at radius 3 is 2.38 bits per heavy atom. The van der Waals surface area contributed by atoms with Crippen LogP contribution >= 0.6 is 0 Å². The maximum absolute atomic E-state index is 11.4. The molecule has 0 aliphatic carbocycles. The van der Waals surface area contributed by atoms with Crippen molar-refractivity contribution in [2.24, 2.45) is 0 Å². The fourth-order valence-electron chi connectivity index (χ4n) is 2.62. The molecule has 1 N–H and O–H groups in total. The van der Waals surface area contributed by atoms with Crippen LogP contribution in [0.3, 0.4) is 0 Å². The van der Waals surface area contributed by atoms with Crippen molar-refractivity contribution in [3.8, 4) is 29.1 Å². The molecule has 2 aromatic rings. The number of rotatable bonds is 12. The highest BCUT2D eigenvalue weighted by molar-refractivity contribution is 5.77. The van der Waals surface area contributed by atoms with E-state index in [2.05, 4.69) is 5.32 Å². The minimum absolute atomic E-state index is 0.146. The van der Waals surface area contributed by atoms with E-state index in [-0.39, 0.29) is 12.3 Å². The zero-order valence-electron chi connectivity index (χ0n) is 16.8. The number of ether oxygens (including phenoxy) is 4. The van der Waals surface area contributed by atoms with Gasteiger partial charge in [0.1, 0.15) is 31.1 Å². The van der Waals surface area contributed by atoms with Crippen LogP contribution in [0.15, 0.2) is 42.5 Å². The number of amides is 1. The van der Waals surface area contributed by atoms with Crippen LogP contribution in [0.25, 0.3) is 0 Å². The Morgan fingerprint density at radius 2 is 1.72 bits per heavy atom. The lowest BCUT2D eigenvalue weighted by atomic mass is 10.1. The van der Waals surface area contributed by atoms with Crippen LogP contribution in [0.4, 0.5) is 0 Å². The molecule has 0 saturated heterocycles. The summed E-state index contributed by atoms with van der Waals surface area (Å²) in [6.45, 7) is 3.59. The molecule has 0 spiro atoms. The summed E-state index contributed by atoms with van der Waals surface area (Å²) >= 11 is 0. The molecule has 0 saturated carbocycles. The van der Waals surface area contributed by atoms with Crippen molar-refractivity contribution in [2.75, 3.05) is 33.5 Å². The predicted octanol–water partition coefficient (Wildman–Crippen LogP) is 3.12. The first kappa shape index (κ1) is 21.9. The van der Waals surface area contributed by atoms with Gasteiger partial charge in [-0.25, -0.2) is 0 Å². The molecule has 0 aliphatic heterocycles. The van der Waals surface area contributed by atoms with Gasteiger partial charge in [-0.2, -0.15) is 5.26 Å². The standard InChI is InChI=1S/C22H26N2O5/c1-3-27-19-6-4-5-7-20(19)28-14-15-29-21-16-18(26-2)9-8-17(21)11-13-24-22(25)10-12-23/h4-9,16H,3,10-11,13-15H2,1-2H3,(H,24,25). The number of nitriles is 1. The fraction of sp³-hybridized carbons (Fsp3) is 0.364. The van der Waals surface area contributed by atoms with Gasteiger partial charge in [0.25, 0.3) is 0 Å². The summed E-state index contributed by atoms with van der Waals surface area (Å²) in [4.78, 5) is 11.4. The SMILES string of the molecule is CCOc1ccccc1OCCOc1cc(OC)ccc1CCNC(=O)CC#N. The predicted molar refractivity (Wildman–Crippen MR) is 109 cm³/mol. The van der Waals surface area contributed by atoms with E-state index in [1.807, 2.05) is 49.4 Å². The third-order valence-electron chi connectivity index (χ3n) is 3.98. The van der Waals surface area contributed by atoms with Crippen LogP contribution in [0.1, 0.15) is 18.9 Å². The van der Waals surface area contributed by atoms with E-state index >= 15 is 0 Å². The van der Waals surface area contributed by atoms with Crippen LogP contribution in [-0.4, -0.2) is 39.4 Å². The molecule has 0 heterocycles. The van der Waals surface area contributed by atoms with Gasteiger partial charge >= 0.3 is 0 Å². The first-order chi connectivity index (χ1) is 14.2. The summed E-state index contributed by atoms with van der Waals surface area (Å²) in [6.07, 6.45) is 0.428. The third-order valence-corrected chi connectivity index (χ3v) is 3.98. The second kappa shape index (κ2) is 12.1. The zero-order valence-corrected chi connectivity index (χ0v) is 16.8. The normalized spacial score (nSPS) is 9.97. The molecule has 2 aromatic carbocycles. The highest BCUT2D eigenvalue weighted by Gasteiger charge is 2.08. The Bertz CT molecular complexity index is 832. The molecule has 0 unspecified atom stereocenters. The van der Waals surface area contributed by atoms with Gasteiger partial charge in [-0.3, -0.25) is 4.79 Å². The maximum atomic E-state index is 11.4. The van der Waals surface area contributed by atoms with Crippen LogP contribution < -0.4 is 24.3 Å². The summed E-state index contributed by atoms with van der Waals surface area (Å²) in [5, 5.41) is 11.2. The van der Waals surface area contributed by atoms with Crippen molar-refractivity contribution in [1.29, 1.82) is 5.26 Å². The highest BCUT2D eigenvalue weighted by Crippen LogP contribution is 2.27. The molecule has 0 bridgehead atoms. The molecule has 0 fully saturated rings. The summed E-state index contributed by atoms with van der Waals surface area (Å²) in [5.74, 6) is 2.43. The van der Waals surface area contributed by atoms with Gasteiger partial charge in [-0.1, -0.05) is 18.2 Å². The van der Waals surface area contributed by atoms with E-state index in [4.69, 9.17) is 24.2 Å². The lowest BCUT2D eigenvalue weighted by Crippen LogP contribution is -2.25. The second-order valence-corrected chi connectivity index (χ2v) is 5.99. The van der Waals surface area contributed by atoms with Gasteiger partial charge in [-0.05, 0) is 37.1 Å². The number of nitrogens with zero attached hydrogens (tertiary/aromatic N) is 1. The minimum Gasteiger partial charge on any atom is -0.497 e. The van der Waals surface area contributed by atoms with E-state index < -0.39 is 0 Å². The molecule has 0 radical (unpaired) electrons. The van der Waals surface area contributed by atoms with Gasteiger partial charge in [0, 0.05) is 12.6 Å². The highest BCUT2D eigenvalue weighted by atomic mass is 16.5. The number of methoxy groups -OCH3 is 1. The molecule has 0 aliphatic rings. The molecule has 2 rings (SSSR count). The number of carbonyl (C=O) groups excluding carboxylic acids is 1. The van der Waals surface area contributed by atoms with Crippen molar-refractivity contribution in [3.63, 3.8) is 0 Å². The Hall–Kier alpha value is -3.40. The van der Waals surface area contributed by atoms with E-state index in [1.54, 1.807) is 13.2 Å². The van der Waals surface area contributed by atoms with Crippen molar-refractivity contribution in [2.45, 2.75) is 19.8 Å². The Balaban J connectivity index is 1.91. The van der Waals surface area contributed by atoms with Crippen LogP contribution in [0, 0.1) is 11.3 Å². The molecule has 1 amide bonds. The van der Waals surface area contributed by atoms with Gasteiger partial charge in [0.15, 0.2) is 11.5 Å². The Morgan fingerprint density at radius 1 is 1.03 bits per heavy atom. The smallest absolute Gasteiger partial charge is 0.234 e. The lowest BCUT2D eigenvalue weighted by molar-refractivity contribution is -0.120. The van der Waals surface area contributed by atoms with Crippen molar-refractivity contribution in [1.82, 2.24) is 5.32 Å². The number of para-hydroxylation sites is 2. The Labute approximate surface area is 171 Å². The zero-order chi connectivity index (χ0) is 20.9. The number of hydrogen-bond donors (Lipinski definition) is 1. The van der Waals surface area contributed by atoms with Gasteiger partial charge in [0.05, 0.1) is 19.8 Å². The second-order valence-electron chi connectivity index (χ2n) is 5.99. The van der Waals surface area contributed by atoms with E-state index in [9.17, 15) is 4.79 Å². The van der Waals surface area contributed by atoms with Crippen molar-refractivity contribution < 1.29 is 23.7 Å². The van der Waals surface area contributed by atoms with Crippen LogP contribution in [-0.2, 0) is 11.2 Å². The molecule has 7 nitrogen and oxygen atoms in total. The molecule has 0 atom stereocenters. The third kappa shape index (κ3) is 7.26. The molecule has 7 heteroatoms. The molecular weight excluding hydrogens is 372 g/mol. The molecular formula is C22H26N2O5. The molecule has 0 aromatic heterocycles. The largest absolute Gasteiger partial charge is 0.497 e. The van der Waals surface area contributed by atoms with Gasteiger partial charge < -0.3 is 24.3 Å². The topological polar surface area (TPSA) is 89.8 Å². The van der Waals surface area contributed by atoms with Crippen LogP contribution in [0.2, 0.25) is 0 Å². The first-order valence-corrected chi connectivity index (χ1v) is 9.46. The van der Waals surface area contributed by atoms with Gasteiger partial charge in [-0.15, -0.1) is 0 Å². The van der Waals surface area contributed by atoms with Crippen molar-refractivity contribution >= 4 is 5.91 Å². The quantitative estimate of drug-likeness (QED) is 0.553. The van der Waals surface area contributed by atoms with E-state index in [0.717, 1.165) is 5.56 Å². The Kier molecular flexibility index (Phi) is 9.16. The van der Waals surface area contributed by atoms with E-state index in [0.29, 0.717) is 55.8 Å². The average Bonchev–Trinajstić information content (AvgIpc) is 2.73. The minimum atomic E-state index is -0.287. The number of hydrogen-bond acceptors (Lipinski definition) is 6. The summed E-state index contributed by atoms with van der Waals surface area (Å²) < 4.78 is 22.5.